The molecule has 1 unspecified atom stereocenters. The van der Waals surface area contributed by atoms with Crippen molar-refractivity contribution in [3.05, 3.63) is 0 Å². The third-order valence-electron chi connectivity index (χ3n) is 2.42. The van der Waals surface area contributed by atoms with Crippen LogP contribution in [0.15, 0.2) is 10.3 Å². The van der Waals surface area contributed by atoms with Crippen molar-refractivity contribution in [2.24, 2.45) is 10.3 Å². The minimum Gasteiger partial charge on any atom is -0.605 e. The first-order chi connectivity index (χ1) is 8.97. The molecule has 1 aliphatic rings. The number of halogens is 2. The van der Waals surface area contributed by atoms with Gasteiger partial charge in [-0.05, 0) is 25.9 Å². The summed E-state index contributed by atoms with van der Waals surface area (Å²) in [4.78, 5) is 4.93. The average molecular weight is 308 g/mol. The largest absolute Gasteiger partial charge is 0.605 e. The van der Waals surface area contributed by atoms with Gasteiger partial charge in [0.05, 0.1) is 23.3 Å². The average Bonchev–Trinajstić information content (AvgIpc) is 2.66. The van der Waals surface area contributed by atoms with Crippen molar-refractivity contribution in [2.75, 3.05) is 14.1 Å². The van der Waals surface area contributed by atoms with Crippen LogP contribution in [0.5, 0.6) is 0 Å². The van der Waals surface area contributed by atoms with Gasteiger partial charge in [0.25, 0.3) is 5.04 Å². The molecule has 0 aromatic carbocycles. The summed E-state index contributed by atoms with van der Waals surface area (Å²) in [7, 11) is 3.09. The van der Waals surface area contributed by atoms with Crippen LogP contribution in [-0.4, -0.2) is 51.0 Å². The SMILES string of the molecule is C/C(=N/N(C)C)C(=N)C(F)(F)[S+]([O-])C1=NOC(C)(C)C1. The molecule has 0 saturated heterocycles. The first-order valence-electron chi connectivity index (χ1n) is 5.84. The summed E-state index contributed by atoms with van der Waals surface area (Å²) in [6.45, 7) is 4.58. The molecular formula is C11H18F2N4O2S. The van der Waals surface area contributed by atoms with E-state index in [0.717, 1.165) is 0 Å². The molecule has 1 heterocycles. The van der Waals surface area contributed by atoms with E-state index in [1.807, 2.05) is 0 Å². The second-order valence-corrected chi connectivity index (χ2v) is 6.73. The van der Waals surface area contributed by atoms with E-state index in [1.54, 1.807) is 27.9 Å². The van der Waals surface area contributed by atoms with Crippen molar-refractivity contribution in [3.8, 4) is 0 Å². The fourth-order valence-corrected chi connectivity index (χ4v) is 2.72. The van der Waals surface area contributed by atoms with E-state index in [4.69, 9.17) is 10.2 Å². The molecule has 1 rings (SSSR count). The molecule has 0 spiro atoms. The molecule has 0 saturated carbocycles. The Morgan fingerprint density at radius 2 is 2.10 bits per heavy atom. The standard InChI is InChI=1S/C11H18F2N4O2S/c1-7(15-17(4)5)9(14)11(12,13)20(18)8-6-10(2,3)19-16-8/h14H,6H2,1-5H3/b14-9?,15-7-. The fraction of sp³-hybridized carbons (Fsp3) is 0.727. The lowest BCUT2D eigenvalue weighted by molar-refractivity contribution is 0.0123. The number of alkyl halides is 2. The summed E-state index contributed by atoms with van der Waals surface area (Å²) >= 11 is -2.75. The number of hydrogen-bond donors (Lipinski definition) is 1. The van der Waals surface area contributed by atoms with Crippen molar-refractivity contribution in [3.63, 3.8) is 0 Å². The third-order valence-corrected chi connectivity index (χ3v) is 3.74. The lowest BCUT2D eigenvalue weighted by Crippen LogP contribution is -2.45. The van der Waals surface area contributed by atoms with Crippen LogP contribution in [0.3, 0.4) is 0 Å². The Hall–Kier alpha value is -1.22. The molecule has 6 nitrogen and oxygen atoms in total. The van der Waals surface area contributed by atoms with Crippen LogP contribution in [0.1, 0.15) is 27.2 Å². The van der Waals surface area contributed by atoms with E-state index >= 15 is 0 Å². The molecule has 0 fully saturated rings. The van der Waals surface area contributed by atoms with Gasteiger partial charge in [-0.3, -0.25) is 5.41 Å². The molecule has 0 aliphatic carbocycles. The molecule has 1 N–H and O–H groups in total. The summed E-state index contributed by atoms with van der Waals surface area (Å²) in [5.74, 6) is 0. The lowest BCUT2D eigenvalue weighted by Gasteiger charge is -2.20. The third kappa shape index (κ3) is 3.66. The smallest absolute Gasteiger partial charge is 0.458 e. The van der Waals surface area contributed by atoms with Gasteiger partial charge >= 0.3 is 5.25 Å². The van der Waals surface area contributed by atoms with Crippen molar-refractivity contribution < 1.29 is 18.2 Å². The summed E-state index contributed by atoms with van der Waals surface area (Å²) in [5, 5.41) is 11.8. The first kappa shape index (κ1) is 16.8. The quantitative estimate of drug-likeness (QED) is 0.488. The Morgan fingerprint density at radius 1 is 1.55 bits per heavy atom. The molecular weight excluding hydrogens is 290 g/mol. The van der Waals surface area contributed by atoms with Gasteiger partial charge < -0.3 is 14.4 Å². The van der Waals surface area contributed by atoms with Crippen molar-refractivity contribution in [1.29, 1.82) is 5.41 Å². The zero-order valence-corrected chi connectivity index (χ0v) is 12.8. The summed E-state index contributed by atoms with van der Waals surface area (Å²) in [6, 6.07) is 0. The zero-order valence-electron chi connectivity index (χ0n) is 12.0. The summed E-state index contributed by atoms with van der Waals surface area (Å²) in [5.41, 5.74) is -2.04. The maximum absolute atomic E-state index is 14.1. The number of rotatable bonds is 4. The summed E-state index contributed by atoms with van der Waals surface area (Å²) < 4.78 is 40.0. The van der Waals surface area contributed by atoms with Gasteiger partial charge in [-0.15, -0.1) is 8.78 Å². The fourth-order valence-electron chi connectivity index (χ4n) is 1.50. The maximum atomic E-state index is 14.1. The highest BCUT2D eigenvalue weighted by molar-refractivity contribution is 8.08. The zero-order chi connectivity index (χ0) is 15.7. The van der Waals surface area contributed by atoms with Gasteiger partial charge in [0.15, 0.2) is 5.71 Å². The van der Waals surface area contributed by atoms with Crippen LogP contribution >= 0.6 is 0 Å². The van der Waals surface area contributed by atoms with E-state index in [1.165, 1.54) is 11.9 Å². The summed E-state index contributed by atoms with van der Waals surface area (Å²) in [6.07, 6.45) is 0.0341. The maximum Gasteiger partial charge on any atom is 0.458 e. The molecule has 0 bridgehead atoms. The van der Waals surface area contributed by atoms with Gasteiger partial charge in [0, 0.05) is 14.1 Å². The highest BCUT2D eigenvalue weighted by atomic mass is 32.2. The van der Waals surface area contributed by atoms with E-state index in [9.17, 15) is 13.3 Å². The monoisotopic (exact) mass is 308 g/mol. The van der Waals surface area contributed by atoms with Crippen LogP contribution in [0.2, 0.25) is 0 Å². The second kappa shape index (κ2) is 5.65. The molecule has 0 amide bonds. The minimum absolute atomic E-state index is 0.0341. The number of hydrazone groups is 1. The Kier molecular flexibility index (Phi) is 4.75. The molecule has 0 aromatic heterocycles. The number of oxime groups is 1. The number of nitrogens with one attached hydrogen (secondary N) is 1. The molecule has 0 radical (unpaired) electrons. The van der Waals surface area contributed by atoms with Crippen LogP contribution in [0.4, 0.5) is 8.78 Å². The Labute approximate surface area is 119 Å². The van der Waals surface area contributed by atoms with Crippen LogP contribution in [0.25, 0.3) is 0 Å². The van der Waals surface area contributed by atoms with Crippen LogP contribution < -0.4 is 0 Å². The highest BCUT2D eigenvalue weighted by Gasteiger charge is 2.55. The lowest BCUT2D eigenvalue weighted by atomic mass is 10.1. The van der Waals surface area contributed by atoms with Gasteiger partial charge in [-0.2, -0.15) is 5.10 Å². The topological polar surface area (TPSA) is 84.1 Å². The molecule has 20 heavy (non-hydrogen) atoms. The van der Waals surface area contributed by atoms with Gasteiger partial charge in [0.1, 0.15) is 5.60 Å². The van der Waals surface area contributed by atoms with Crippen LogP contribution in [0, 0.1) is 5.41 Å². The van der Waals surface area contributed by atoms with E-state index in [2.05, 4.69) is 10.3 Å². The first-order valence-corrected chi connectivity index (χ1v) is 6.99. The second-order valence-electron chi connectivity index (χ2n) is 5.21. The van der Waals surface area contributed by atoms with Crippen molar-refractivity contribution in [2.45, 2.75) is 38.0 Å². The van der Waals surface area contributed by atoms with Crippen LogP contribution in [-0.2, 0) is 16.0 Å². The highest BCUT2D eigenvalue weighted by Crippen LogP contribution is 2.32. The normalized spacial score (nSPS) is 20.2. The predicted octanol–water partition coefficient (Wildman–Crippen LogP) is 1.80. The van der Waals surface area contributed by atoms with Crippen molar-refractivity contribution in [1.82, 2.24) is 5.01 Å². The number of nitrogens with zero attached hydrogens (tertiary/aromatic N) is 3. The Balaban J connectivity index is 2.91. The van der Waals surface area contributed by atoms with E-state index < -0.39 is 27.7 Å². The Morgan fingerprint density at radius 3 is 2.50 bits per heavy atom. The molecule has 0 aromatic rings. The van der Waals surface area contributed by atoms with E-state index in [-0.39, 0.29) is 17.2 Å². The predicted molar refractivity (Wildman–Crippen MR) is 74.8 cm³/mol. The molecule has 114 valence electrons. The minimum atomic E-state index is -3.85. The van der Waals surface area contributed by atoms with Gasteiger partial charge in [-0.25, -0.2) is 0 Å². The van der Waals surface area contributed by atoms with Crippen molar-refractivity contribution >= 4 is 27.6 Å². The molecule has 1 atom stereocenters. The Bertz CT molecular complexity index is 463. The molecule has 1 aliphatic heterocycles. The molecule has 9 heteroatoms. The number of hydrogen-bond acceptors (Lipinski definition) is 6. The van der Waals surface area contributed by atoms with Gasteiger partial charge in [-0.1, -0.05) is 0 Å². The van der Waals surface area contributed by atoms with Gasteiger partial charge in [0.2, 0.25) is 0 Å². The van der Waals surface area contributed by atoms with E-state index in [0.29, 0.717) is 0 Å².